The van der Waals surface area contributed by atoms with Crippen LogP contribution in [0.15, 0.2) is 0 Å². The van der Waals surface area contributed by atoms with E-state index in [9.17, 15) is 19.5 Å². The molecule has 1 atom stereocenters. The molecular weight excluding hydrogens is 276 g/mol. The van der Waals surface area contributed by atoms with Gasteiger partial charge in [0.1, 0.15) is 6.04 Å². The van der Waals surface area contributed by atoms with Crippen molar-refractivity contribution in [3.05, 3.63) is 0 Å². The van der Waals surface area contributed by atoms with Gasteiger partial charge in [-0.25, -0.2) is 9.59 Å². The molecule has 1 fully saturated rings. The maximum atomic E-state index is 11.7. The maximum absolute atomic E-state index is 11.7. The van der Waals surface area contributed by atoms with Gasteiger partial charge in [0.05, 0.1) is 13.0 Å². The van der Waals surface area contributed by atoms with Gasteiger partial charge in [0, 0.05) is 6.54 Å². The van der Waals surface area contributed by atoms with Gasteiger partial charge < -0.3 is 20.5 Å². The lowest BCUT2D eigenvalue weighted by Gasteiger charge is -2.28. The van der Waals surface area contributed by atoms with E-state index in [0.29, 0.717) is 6.61 Å². The van der Waals surface area contributed by atoms with Gasteiger partial charge in [0.2, 0.25) is 0 Å². The summed E-state index contributed by atoms with van der Waals surface area (Å²) in [6.07, 6.45) is 4.83. The third-order valence-electron chi connectivity index (χ3n) is 3.59. The summed E-state index contributed by atoms with van der Waals surface area (Å²) in [6.45, 7) is 2.13. The normalized spacial score (nSPS) is 16.8. The largest absolute Gasteiger partial charge is 0.480 e. The zero-order chi connectivity index (χ0) is 15.7. The van der Waals surface area contributed by atoms with Crippen molar-refractivity contribution in [2.24, 2.45) is 5.92 Å². The topological polar surface area (TPSA) is 105 Å². The fourth-order valence-electron chi connectivity index (χ4n) is 2.55. The van der Waals surface area contributed by atoms with E-state index < -0.39 is 18.0 Å². The zero-order valence-electron chi connectivity index (χ0n) is 12.4. The highest BCUT2D eigenvalue weighted by Gasteiger charge is 2.30. The molecule has 0 aromatic heterocycles. The number of hydrogen-bond donors (Lipinski definition) is 3. The second-order valence-corrected chi connectivity index (χ2v) is 5.17. The Morgan fingerprint density at radius 2 is 1.90 bits per heavy atom. The fraction of sp³-hybridized carbons (Fsp3) is 0.786. The molecule has 1 aliphatic carbocycles. The van der Waals surface area contributed by atoms with Gasteiger partial charge in [0.15, 0.2) is 0 Å². The number of carboxylic acids is 1. The van der Waals surface area contributed by atoms with Crippen molar-refractivity contribution in [3.8, 4) is 0 Å². The molecule has 1 aliphatic rings. The van der Waals surface area contributed by atoms with Crippen molar-refractivity contribution in [3.63, 3.8) is 0 Å². The molecule has 1 unspecified atom stereocenters. The molecule has 0 bridgehead atoms. The van der Waals surface area contributed by atoms with Gasteiger partial charge in [-0.05, 0) is 25.7 Å². The number of urea groups is 1. The summed E-state index contributed by atoms with van der Waals surface area (Å²) < 4.78 is 4.73. The van der Waals surface area contributed by atoms with Crippen LogP contribution in [0.1, 0.15) is 45.4 Å². The molecule has 7 heteroatoms. The first kappa shape index (κ1) is 17.3. The number of carboxylic acid groups (broad SMARTS) is 1. The van der Waals surface area contributed by atoms with Crippen LogP contribution < -0.4 is 10.6 Å². The molecule has 1 rings (SSSR count). The molecule has 0 saturated heterocycles. The molecule has 0 spiro atoms. The van der Waals surface area contributed by atoms with Gasteiger partial charge in [-0.15, -0.1) is 0 Å². The minimum Gasteiger partial charge on any atom is -0.480 e. The van der Waals surface area contributed by atoms with Crippen LogP contribution in [0.3, 0.4) is 0 Å². The third-order valence-corrected chi connectivity index (χ3v) is 3.59. The van der Waals surface area contributed by atoms with Crippen molar-refractivity contribution >= 4 is 18.0 Å². The first-order chi connectivity index (χ1) is 10.0. The number of ether oxygens (including phenoxy) is 1. The molecule has 0 aromatic carbocycles. The quantitative estimate of drug-likeness (QED) is 0.614. The Hall–Kier alpha value is -1.79. The van der Waals surface area contributed by atoms with Gasteiger partial charge in [-0.2, -0.15) is 0 Å². The first-order valence-corrected chi connectivity index (χ1v) is 7.47. The zero-order valence-corrected chi connectivity index (χ0v) is 12.4. The Balaban J connectivity index is 2.35. The van der Waals surface area contributed by atoms with E-state index in [2.05, 4.69) is 10.6 Å². The van der Waals surface area contributed by atoms with E-state index in [1.165, 1.54) is 0 Å². The second-order valence-electron chi connectivity index (χ2n) is 5.17. The Kier molecular flexibility index (Phi) is 7.56. The van der Waals surface area contributed by atoms with Crippen LogP contribution in [0, 0.1) is 5.92 Å². The molecule has 0 aliphatic heterocycles. The number of carbonyl (C=O) groups is 3. The minimum absolute atomic E-state index is 0.0212. The number of amides is 2. The predicted molar refractivity (Wildman–Crippen MR) is 75.8 cm³/mol. The number of nitrogens with one attached hydrogen (secondary N) is 2. The molecule has 120 valence electrons. The van der Waals surface area contributed by atoms with E-state index in [0.717, 1.165) is 32.1 Å². The average molecular weight is 300 g/mol. The van der Waals surface area contributed by atoms with Gasteiger partial charge in [0.25, 0.3) is 0 Å². The highest BCUT2D eigenvalue weighted by atomic mass is 16.5. The predicted octanol–water partition coefficient (Wildman–Crippen LogP) is 1.27. The summed E-state index contributed by atoms with van der Waals surface area (Å²) in [5, 5.41) is 14.2. The molecule has 3 N–H and O–H groups in total. The summed E-state index contributed by atoms with van der Waals surface area (Å²) in [4.78, 5) is 34.1. The highest BCUT2D eigenvalue weighted by molar-refractivity contribution is 5.83. The highest BCUT2D eigenvalue weighted by Crippen LogP contribution is 2.26. The summed E-state index contributed by atoms with van der Waals surface area (Å²) in [7, 11) is 0. The lowest BCUT2D eigenvalue weighted by Crippen LogP contribution is -2.50. The first-order valence-electron chi connectivity index (χ1n) is 7.47. The minimum atomic E-state index is -1.01. The summed E-state index contributed by atoms with van der Waals surface area (Å²) in [5.74, 6) is -1.42. The fourth-order valence-corrected chi connectivity index (χ4v) is 2.55. The average Bonchev–Trinajstić information content (AvgIpc) is 2.45. The number of carbonyl (C=O) groups excluding carboxylic acids is 2. The molecule has 0 heterocycles. The monoisotopic (exact) mass is 300 g/mol. The van der Waals surface area contributed by atoms with E-state index in [-0.39, 0.29) is 24.9 Å². The molecule has 21 heavy (non-hydrogen) atoms. The van der Waals surface area contributed by atoms with Crippen molar-refractivity contribution in [2.45, 2.75) is 51.5 Å². The van der Waals surface area contributed by atoms with E-state index >= 15 is 0 Å². The third kappa shape index (κ3) is 6.46. The lowest BCUT2D eigenvalue weighted by atomic mass is 9.84. The molecule has 7 nitrogen and oxygen atoms in total. The second kappa shape index (κ2) is 9.20. The van der Waals surface area contributed by atoms with Crippen LogP contribution in [0.2, 0.25) is 0 Å². The number of esters is 1. The summed E-state index contributed by atoms with van der Waals surface area (Å²) in [6, 6.07) is -1.43. The van der Waals surface area contributed by atoms with E-state index in [1.807, 2.05) is 0 Å². The van der Waals surface area contributed by atoms with Crippen LogP contribution in [0.5, 0.6) is 0 Å². The Labute approximate surface area is 124 Å². The number of aliphatic carboxylic acids is 1. The molecule has 1 saturated carbocycles. The number of hydrogen-bond acceptors (Lipinski definition) is 4. The standard InChI is InChI=1S/C14H24N2O5/c1-2-21-11(17)8-9-15-14(20)16-12(13(18)19)10-6-4-3-5-7-10/h10,12H,2-9H2,1H3,(H,18,19)(H2,15,16,20). The number of rotatable bonds is 7. The molecule has 0 aromatic rings. The Morgan fingerprint density at radius 1 is 1.24 bits per heavy atom. The maximum Gasteiger partial charge on any atom is 0.326 e. The van der Waals surface area contributed by atoms with Gasteiger partial charge in [-0.3, -0.25) is 4.79 Å². The van der Waals surface area contributed by atoms with Gasteiger partial charge >= 0.3 is 18.0 Å². The SMILES string of the molecule is CCOC(=O)CCNC(=O)NC(C(=O)O)C1CCCCC1. The lowest BCUT2D eigenvalue weighted by molar-refractivity contribution is -0.143. The van der Waals surface area contributed by atoms with Crippen LogP contribution in [0.25, 0.3) is 0 Å². The van der Waals surface area contributed by atoms with E-state index in [1.54, 1.807) is 6.92 Å². The van der Waals surface area contributed by atoms with E-state index in [4.69, 9.17) is 4.74 Å². The van der Waals surface area contributed by atoms with Crippen LogP contribution in [-0.2, 0) is 14.3 Å². The summed E-state index contributed by atoms with van der Waals surface area (Å²) >= 11 is 0. The van der Waals surface area contributed by atoms with Crippen molar-refractivity contribution < 1.29 is 24.2 Å². The van der Waals surface area contributed by atoms with Crippen molar-refractivity contribution in [1.82, 2.24) is 10.6 Å². The Bertz CT molecular complexity index is 366. The van der Waals surface area contributed by atoms with Gasteiger partial charge in [-0.1, -0.05) is 19.3 Å². The summed E-state index contributed by atoms with van der Waals surface area (Å²) in [5.41, 5.74) is 0. The van der Waals surface area contributed by atoms with Crippen molar-refractivity contribution in [1.29, 1.82) is 0 Å². The van der Waals surface area contributed by atoms with Crippen molar-refractivity contribution in [2.75, 3.05) is 13.2 Å². The van der Waals surface area contributed by atoms with Crippen LogP contribution >= 0.6 is 0 Å². The van der Waals surface area contributed by atoms with Crippen LogP contribution in [-0.4, -0.2) is 42.3 Å². The molecular formula is C14H24N2O5. The smallest absolute Gasteiger partial charge is 0.326 e. The Morgan fingerprint density at radius 3 is 2.48 bits per heavy atom. The van der Waals surface area contributed by atoms with Crippen LogP contribution in [0.4, 0.5) is 4.79 Å². The molecule has 0 radical (unpaired) electrons. The molecule has 2 amide bonds.